The topological polar surface area (TPSA) is 3.24 Å². The first-order valence-corrected chi connectivity index (χ1v) is 15.2. The molecule has 5 aromatic rings. The molecule has 0 spiro atoms. The molecule has 204 valence electrons. The van der Waals surface area contributed by atoms with Crippen molar-refractivity contribution in [3.8, 4) is 11.1 Å². The van der Waals surface area contributed by atoms with Crippen LogP contribution in [0.1, 0.15) is 60.1 Å². The van der Waals surface area contributed by atoms with Gasteiger partial charge in [0.1, 0.15) is 0 Å². The molecule has 8 rings (SSSR count). The van der Waals surface area contributed by atoms with Crippen LogP contribution in [0.5, 0.6) is 0 Å². The number of hydrogen-bond acceptors (Lipinski definition) is 1. The van der Waals surface area contributed by atoms with Gasteiger partial charge in [-0.1, -0.05) is 117 Å². The van der Waals surface area contributed by atoms with Crippen molar-refractivity contribution in [3.63, 3.8) is 0 Å². The summed E-state index contributed by atoms with van der Waals surface area (Å²) >= 11 is 0. The van der Waals surface area contributed by atoms with E-state index < -0.39 is 0 Å². The highest BCUT2D eigenvalue weighted by Gasteiger charge is 2.36. The molecule has 42 heavy (non-hydrogen) atoms. The van der Waals surface area contributed by atoms with Crippen molar-refractivity contribution < 1.29 is 0 Å². The molecule has 0 N–H and O–H groups in total. The van der Waals surface area contributed by atoms with E-state index >= 15 is 0 Å². The molecule has 0 saturated heterocycles. The van der Waals surface area contributed by atoms with Crippen molar-refractivity contribution in [2.45, 2.75) is 45.4 Å². The molecule has 1 heteroatoms. The molecule has 1 aliphatic heterocycles. The zero-order valence-corrected chi connectivity index (χ0v) is 24.6. The number of nitrogens with zero attached hydrogens (tertiary/aromatic N) is 1. The molecule has 0 atom stereocenters. The summed E-state index contributed by atoms with van der Waals surface area (Å²) in [4.78, 5) is 2.54. The fourth-order valence-corrected chi connectivity index (χ4v) is 7.31. The number of benzene rings is 5. The lowest BCUT2D eigenvalue weighted by atomic mass is 9.81. The molecule has 3 aliphatic rings. The maximum Gasteiger partial charge on any atom is 0.0493 e. The van der Waals surface area contributed by atoms with Gasteiger partial charge in [0.2, 0.25) is 0 Å². The number of hydrogen-bond donors (Lipinski definition) is 0. The highest BCUT2D eigenvalue weighted by molar-refractivity contribution is 5.88. The fourth-order valence-electron chi connectivity index (χ4n) is 7.31. The normalized spacial score (nSPS) is 16.5. The fraction of sp³-hybridized carbons (Fsp3) is 0.171. The van der Waals surface area contributed by atoms with Crippen LogP contribution in [0.4, 0.5) is 11.4 Å². The first kappa shape index (κ1) is 25.1. The Morgan fingerprint density at radius 2 is 1.43 bits per heavy atom. The van der Waals surface area contributed by atoms with Crippen LogP contribution in [0.25, 0.3) is 34.1 Å². The Kier molecular flexibility index (Phi) is 5.66. The van der Waals surface area contributed by atoms with Gasteiger partial charge in [-0.05, 0) is 99.3 Å². The average molecular weight is 542 g/mol. The summed E-state index contributed by atoms with van der Waals surface area (Å²) in [7, 11) is 0. The highest BCUT2D eigenvalue weighted by atomic mass is 15.2. The van der Waals surface area contributed by atoms with Crippen molar-refractivity contribution in [2.24, 2.45) is 0 Å². The second-order valence-corrected chi connectivity index (χ2v) is 12.7. The van der Waals surface area contributed by atoms with E-state index in [1.54, 1.807) is 0 Å². The van der Waals surface area contributed by atoms with Gasteiger partial charge in [0.15, 0.2) is 0 Å². The Morgan fingerprint density at radius 1 is 0.714 bits per heavy atom. The molecule has 2 aliphatic carbocycles. The summed E-state index contributed by atoms with van der Waals surface area (Å²) in [5.74, 6) is 0. The number of aryl methyl sites for hydroxylation is 1. The van der Waals surface area contributed by atoms with Crippen molar-refractivity contribution in [3.05, 3.63) is 154 Å². The molecular weight excluding hydrogens is 506 g/mol. The van der Waals surface area contributed by atoms with E-state index in [9.17, 15) is 0 Å². The molecular formula is C41H35N. The van der Waals surface area contributed by atoms with E-state index in [2.05, 4.69) is 147 Å². The van der Waals surface area contributed by atoms with Crippen LogP contribution in [0, 0.1) is 6.92 Å². The first-order valence-electron chi connectivity index (χ1n) is 15.2. The van der Waals surface area contributed by atoms with Crippen LogP contribution >= 0.6 is 0 Å². The van der Waals surface area contributed by atoms with Gasteiger partial charge in [-0.3, -0.25) is 0 Å². The minimum absolute atomic E-state index is 0.0790. The zero-order valence-electron chi connectivity index (χ0n) is 24.6. The Morgan fingerprint density at radius 3 is 2.31 bits per heavy atom. The van der Waals surface area contributed by atoms with Gasteiger partial charge in [-0.25, -0.2) is 0 Å². The number of allylic oxidation sites excluding steroid dienone is 4. The Labute approximate surface area is 249 Å². The number of rotatable bonds is 3. The third-order valence-electron chi connectivity index (χ3n) is 9.55. The minimum Gasteiger partial charge on any atom is -0.314 e. The highest BCUT2D eigenvalue weighted by Crippen LogP contribution is 2.51. The van der Waals surface area contributed by atoms with Gasteiger partial charge in [0.25, 0.3) is 0 Å². The van der Waals surface area contributed by atoms with E-state index in [4.69, 9.17) is 0 Å². The molecule has 1 nitrogen and oxygen atoms in total. The standard InChI is InChI=1S/C41H35N/c1-27-12-17-31-23-28(15-18-30(31)22-27)13-14-29-16-20-35-36-21-19-34(26-38(36)41(2,3)37(35)24-29)42-39-10-6-4-8-32(39)25-33-9-5-7-11-40(33)42/h4-6,8-10,12-24,26H,7,11,25H2,1-3H3/b14-13+. The first-order chi connectivity index (χ1) is 20.5. The molecule has 0 radical (unpaired) electrons. The van der Waals surface area contributed by atoms with Crippen LogP contribution in [-0.4, -0.2) is 0 Å². The van der Waals surface area contributed by atoms with Gasteiger partial charge < -0.3 is 4.90 Å². The summed E-state index contributed by atoms with van der Waals surface area (Å²) in [6.07, 6.45) is 12.4. The van der Waals surface area contributed by atoms with Crippen LogP contribution in [0.15, 0.2) is 120 Å². The number of para-hydroxylation sites is 1. The molecule has 1 heterocycles. The predicted octanol–water partition coefficient (Wildman–Crippen LogP) is 10.9. The molecule has 5 aromatic carbocycles. The SMILES string of the molecule is Cc1ccc2cc(/C=C/c3ccc4c(c3)C(C)(C)c3cc(N5C6=C(C=CCC6)Cc6ccccc65)ccc3-4)ccc2c1. The largest absolute Gasteiger partial charge is 0.314 e. The summed E-state index contributed by atoms with van der Waals surface area (Å²) in [5, 5.41) is 2.58. The molecule has 0 unspecified atom stereocenters. The summed E-state index contributed by atoms with van der Waals surface area (Å²) in [5.41, 5.74) is 16.2. The maximum absolute atomic E-state index is 2.54. The van der Waals surface area contributed by atoms with Gasteiger partial charge in [0, 0.05) is 28.9 Å². The molecule has 0 bridgehead atoms. The smallest absolute Gasteiger partial charge is 0.0493 e. The molecule has 0 fully saturated rings. The van der Waals surface area contributed by atoms with E-state index in [1.807, 2.05) is 0 Å². The molecule has 0 aromatic heterocycles. The maximum atomic E-state index is 2.54. The molecule has 0 amide bonds. The van der Waals surface area contributed by atoms with Crippen molar-refractivity contribution in [1.29, 1.82) is 0 Å². The van der Waals surface area contributed by atoms with Crippen molar-refractivity contribution in [2.75, 3.05) is 4.90 Å². The second-order valence-electron chi connectivity index (χ2n) is 12.7. The van der Waals surface area contributed by atoms with Crippen LogP contribution < -0.4 is 4.90 Å². The van der Waals surface area contributed by atoms with Gasteiger partial charge in [-0.2, -0.15) is 0 Å². The summed E-state index contributed by atoms with van der Waals surface area (Å²) < 4.78 is 0. The van der Waals surface area contributed by atoms with Gasteiger partial charge in [-0.15, -0.1) is 0 Å². The average Bonchev–Trinajstić information content (AvgIpc) is 3.24. The quantitative estimate of drug-likeness (QED) is 0.205. The van der Waals surface area contributed by atoms with E-state index in [0.717, 1.165) is 19.3 Å². The molecule has 0 saturated carbocycles. The van der Waals surface area contributed by atoms with Crippen LogP contribution in [0.3, 0.4) is 0 Å². The monoisotopic (exact) mass is 541 g/mol. The van der Waals surface area contributed by atoms with Crippen LogP contribution in [-0.2, 0) is 11.8 Å². The summed E-state index contributed by atoms with van der Waals surface area (Å²) in [6, 6.07) is 36.5. The summed E-state index contributed by atoms with van der Waals surface area (Å²) in [6.45, 7) is 6.92. The van der Waals surface area contributed by atoms with Crippen LogP contribution in [0.2, 0.25) is 0 Å². The predicted molar refractivity (Wildman–Crippen MR) is 179 cm³/mol. The second kappa shape index (κ2) is 9.46. The van der Waals surface area contributed by atoms with Crippen molar-refractivity contribution in [1.82, 2.24) is 0 Å². The number of fused-ring (bicyclic) bond motifs is 5. The zero-order chi connectivity index (χ0) is 28.4. The Bertz CT molecular complexity index is 2000. The lowest BCUT2D eigenvalue weighted by Crippen LogP contribution is -2.25. The van der Waals surface area contributed by atoms with E-state index in [1.165, 1.54) is 77.9 Å². The Balaban J connectivity index is 1.15. The van der Waals surface area contributed by atoms with Gasteiger partial charge in [0.05, 0.1) is 0 Å². The van der Waals surface area contributed by atoms with Crippen molar-refractivity contribution >= 4 is 34.3 Å². The third-order valence-corrected chi connectivity index (χ3v) is 9.55. The number of anilines is 2. The lowest BCUT2D eigenvalue weighted by Gasteiger charge is -2.37. The van der Waals surface area contributed by atoms with E-state index in [0.29, 0.717) is 0 Å². The third kappa shape index (κ3) is 3.99. The Hall–Kier alpha value is -4.62. The van der Waals surface area contributed by atoms with Gasteiger partial charge >= 0.3 is 0 Å². The van der Waals surface area contributed by atoms with E-state index in [-0.39, 0.29) is 5.41 Å². The lowest BCUT2D eigenvalue weighted by molar-refractivity contribution is 0.660. The minimum atomic E-state index is -0.0790.